The van der Waals surface area contributed by atoms with Crippen molar-refractivity contribution in [3.05, 3.63) is 29.8 Å². The molecule has 6 nitrogen and oxygen atoms in total. The van der Waals surface area contributed by atoms with Gasteiger partial charge < -0.3 is 5.32 Å². The maximum Gasteiger partial charge on any atom is 0.243 e. The third-order valence-corrected chi connectivity index (χ3v) is 6.89. The average molecular weight is 363 g/mol. The number of nitrogens with zero attached hydrogens (tertiary/aromatic N) is 2. The molecule has 0 saturated heterocycles. The molecule has 7 heteroatoms. The number of benzene rings is 1. The van der Waals surface area contributed by atoms with E-state index in [0.717, 1.165) is 18.4 Å². The maximum atomic E-state index is 12.4. The van der Waals surface area contributed by atoms with E-state index < -0.39 is 15.4 Å². The van der Waals surface area contributed by atoms with Gasteiger partial charge in [-0.1, -0.05) is 38.8 Å². The van der Waals surface area contributed by atoms with Gasteiger partial charge in [0.2, 0.25) is 15.9 Å². The SMILES string of the molecule is CCN(CC)S(=O)(=O)c1ccc(CNC(=O)C2(C#N)CCCC2)cc1. The topological polar surface area (TPSA) is 90.3 Å². The van der Waals surface area contributed by atoms with Gasteiger partial charge in [0.15, 0.2) is 0 Å². The summed E-state index contributed by atoms with van der Waals surface area (Å²) in [4.78, 5) is 12.6. The number of hydrogen-bond donors (Lipinski definition) is 1. The lowest BCUT2D eigenvalue weighted by Crippen LogP contribution is -2.37. The first-order valence-electron chi connectivity index (χ1n) is 8.68. The molecule has 1 aliphatic carbocycles. The van der Waals surface area contributed by atoms with Gasteiger partial charge in [0.05, 0.1) is 11.0 Å². The number of rotatable bonds is 7. The fourth-order valence-corrected chi connectivity index (χ4v) is 4.67. The Labute approximate surface area is 149 Å². The lowest BCUT2D eigenvalue weighted by molar-refractivity contribution is -0.128. The molecule has 1 aliphatic rings. The molecule has 1 fully saturated rings. The van der Waals surface area contributed by atoms with Crippen molar-refractivity contribution < 1.29 is 13.2 Å². The van der Waals surface area contributed by atoms with Crippen LogP contribution in [0.3, 0.4) is 0 Å². The quantitative estimate of drug-likeness (QED) is 0.805. The van der Waals surface area contributed by atoms with E-state index in [1.807, 2.05) is 0 Å². The summed E-state index contributed by atoms with van der Waals surface area (Å²) >= 11 is 0. The van der Waals surface area contributed by atoms with Crippen molar-refractivity contribution in [1.82, 2.24) is 9.62 Å². The summed E-state index contributed by atoms with van der Waals surface area (Å²) in [7, 11) is -3.47. The van der Waals surface area contributed by atoms with Crippen molar-refractivity contribution in [1.29, 1.82) is 5.26 Å². The number of nitrogens with one attached hydrogen (secondary N) is 1. The van der Waals surface area contributed by atoms with Gasteiger partial charge in [-0.15, -0.1) is 0 Å². The van der Waals surface area contributed by atoms with Crippen LogP contribution >= 0.6 is 0 Å². The first-order valence-corrected chi connectivity index (χ1v) is 10.1. The van der Waals surface area contributed by atoms with Crippen molar-refractivity contribution >= 4 is 15.9 Å². The summed E-state index contributed by atoms with van der Waals surface area (Å²) in [6.45, 7) is 4.74. The van der Waals surface area contributed by atoms with Crippen molar-refractivity contribution in [3.8, 4) is 6.07 Å². The van der Waals surface area contributed by atoms with Gasteiger partial charge in [-0.05, 0) is 30.5 Å². The van der Waals surface area contributed by atoms with E-state index in [4.69, 9.17) is 0 Å². The van der Waals surface area contributed by atoms with E-state index in [-0.39, 0.29) is 17.3 Å². The van der Waals surface area contributed by atoms with Gasteiger partial charge in [0.25, 0.3) is 0 Å². The van der Waals surface area contributed by atoms with E-state index in [2.05, 4.69) is 11.4 Å². The molecule has 1 amide bonds. The van der Waals surface area contributed by atoms with Gasteiger partial charge in [-0.3, -0.25) is 4.79 Å². The second-order valence-electron chi connectivity index (χ2n) is 6.32. The molecule has 0 spiro atoms. The van der Waals surface area contributed by atoms with Crippen LogP contribution in [0.25, 0.3) is 0 Å². The molecule has 1 N–H and O–H groups in total. The zero-order chi connectivity index (χ0) is 18.5. The van der Waals surface area contributed by atoms with Crippen molar-refractivity contribution in [2.75, 3.05) is 13.1 Å². The Kier molecular flexibility index (Phi) is 6.20. The number of carbonyl (C=O) groups excluding carboxylic acids is 1. The zero-order valence-corrected chi connectivity index (χ0v) is 15.6. The van der Waals surface area contributed by atoms with Crippen LogP contribution in [0.2, 0.25) is 0 Å². The summed E-state index contributed by atoms with van der Waals surface area (Å²) < 4.78 is 26.3. The average Bonchev–Trinajstić information content (AvgIpc) is 3.11. The second kappa shape index (κ2) is 7.98. The number of nitriles is 1. The van der Waals surface area contributed by atoms with E-state index in [1.54, 1.807) is 38.1 Å². The molecule has 136 valence electrons. The lowest BCUT2D eigenvalue weighted by Gasteiger charge is -2.20. The van der Waals surface area contributed by atoms with Crippen LogP contribution in [0.5, 0.6) is 0 Å². The number of sulfonamides is 1. The van der Waals surface area contributed by atoms with Crippen molar-refractivity contribution in [3.63, 3.8) is 0 Å². The minimum Gasteiger partial charge on any atom is -0.351 e. The lowest BCUT2D eigenvalue weighted by atomic mass is 9.87. The molecule has 0 bridgehead atoms. The molecule has 1 saturated carbocycles. The number of hydrogen-bond acceptors (Lipinski definition) is 4. The standard InChI is InChI=1S/C18H25N3O3S/c1-3-21(4-2)25(23,24)16-9-7-15(8-10-16)13-20-17(22)18(14-19)11-5-6-12-18/h7-10H,3-6,11-13H2,1-2H3,(H,20,22). The van der Waals surface area contributed by atoms with Gasteiger partial charge in [-0.25, -0.2) is 8.42 Å². The predicted octanol–water partition coefficient (Wildman–Crippen LogP) is 2.42. The number of amides is 1. The molecule has 0 aliphatic heterocycles. The first kappa shape index (κ1) is 19.4. The van der Waals surface area contributed by atoms with Crippen LogP contribution in [0, 0.1) is 16.7 Å². The van der Waals surface area contributed by atoms with Crippen LogP contribution in [-0.2, 0) is 21.4 Å². The Morgan fingerprint density at radius 3 is 2.24 bits per heavy atom. The highest BCUT2D eigenvalue weighted by Gasteiger charge is 2.41. The fourth-order valence-electron chi connectivity index (χ4n) is 3.21. The third kappa shape index (κ3) is 4.02. The van der Waals surface area contributed by atoms with E-state index in [9.17, 15) is 18.5 Å². The zero-order valence-electron chi connectivity index (χ0n) is 14.8. The molecule has 0 unspecified atom stereocenters. The summed E-state index contributed by atoms with van der Waals surface area (Å²) in [6, 6.07) is 8.69. The van der Waals surface area contributed by atoms with Crippen LogP contribution in [0.15, 0.2) is 29.2 Å². The molecule has 0 atom stereocenters. The minimum absolute atomic E-state index is 0.229. The predicted molar refractivity (Wildman–Crippen MR) is 94.9 cm³/mol. The number of carbonyl (C=O) groups is 1. The monoisotopic (exact) mass is 363 g/mol. The van der Waals surface area contributed by atoms with Gasteiger partial charge in [-0.2, -0.15) is 9.57 Å². The minimum atomic E-state index is -3.47. The highest BCUT2D eigenvalue weighted by molar-refractivity contribution is 7.89. The Hall–Kier alpha value is -1.91. The largest absolute Gasteiger partial charge is 0.351 e. The molecule has 2 rings (SSSR count). The summed E-state index contributed by atoms with van der Waals surface area (Å²) in [6.07, 6.45) is 3.02. The second-order valence-corrected chi connectivity index (χ2v) is 8.25. The molecule has 0 radical (unpaired) electrons. The Morgan fingerprint density at radius 1 is 1.20 bits per heavy atom. The maximum absolute atomic E-state index is 12.4. The highest BCUT2D eigenvalue weighted by Crippen LogP contribution is 2.37. The Bertz CT molecular complexity index is 741. The Balaban J connectivity index is 2.04. The first-order chi connectivity index (χ1) is 11.9. The van der Waals surface area contributed by atoms with Crippen LogP contribution in [0.4, 0.5) is 0 Å². The fraction of sp³-hybridized carbons (Fsp3) is 0.556. The van der Waals surface area contributed by atoms with Crippen LogP contribution in [0.1, 0.15) is 45.1 Å². The van der Waals surface area contributed by atoms with E-state index >= 15 is 0 Å². The summed E-state index contributed by atoms with van der Waals surface area (Å²) in [5, 5.41) is 12.1. The van der Waals surface area contributed by atoms with Gasteiger partial charge in [0, 0.05) is 19.6 Å². The third-order valence-electron chi connectivity index (χ3n) is 4.83. The van der Waals surface area contributed by atoms with Crippen molar-refractivity contribution in [2.45, 2.75) is 51.0 Å². The summed E-state index contributed by atoms with van der Waals surface area (Å²) in [5.74, 6) is -0.229. The molecule has 1 aromatic rings. The van der Waals surface area contributed by atoms with Gasteiger partial charge >= 0.3 is 0 Å². The molecule has 25 heavy (non-hydrogen) atoms. The van der Waals surface area contributed by atoms with Crippen LogP contribution in [-0.4, -0.2) is 31.7 Å². The normalized spacial score (nSPS) is 16.6. The smallest absolute Gasteiger partial charge is 0.243 e. The van der Waals surface area contributed by atoms with Crippen LogP contribution < -0.4 is 5.32 Å². The molecular weight excluding hydrogens is 338 g/mol. The molecule has 1 aromatic carbocycles. The molecular formula is C18H25N3O3S. The molecule has 0 heterocycles. The summed E-state index contributed by atoms with van der Waals surface area (Å²) in [5.41, 5.74) is -0.0932. The molecule has 0 aromatic heterocycles. The van der Waals surface area contributed by atoms with E-state index in [0.29, 0.717) is 25.9 Å². The van der Waals surface area contributed by atoms with E-state index in [1.165, 1.54) is 4.31 Å². The van der Waals surface area contributed by atoms with Gasteiger partial charge in [0.1, 0.15) is 5.41 Å². The van der Waals surface area contributed by atoms with Crippen molar-refractivity contribution in [2.24, 2.45) is 5.41 Å². The Morgan fingerprint density at radius 2 is 1.76 bits per heavy atom. The highest BCUT2D eigenvalue weighted by atomic mass is 32.2.